The molecule has 110 valence electrons. The van der Waals surface area contributed by atoms with Crippen LogP contribution >= 0.6 is 23.7 Å². The molecule has 1 N–H and O–H groups in total. The average molecular weight is 311 g/mol. The van der Waals surface area contributed by atoms with Gasteiger partial charge in [-0.05, 0) is 18.0 Å². The Labute approximate surface area is 132 Å². The summed E-state index contributed by atoms with van der Waals surface area (Å²) in [6, 6.07) is 8.78. The zero-order chi connectivity index (χ0) is 13.9. The number of nitrogens with one attached hydrogen (secondary N) is 1. The SMILES string of the molecule is CNCCc1nc(-c2ccc(C(C)(C)C)cc2)cs1.Cl. The number of aromatic nitrogens is 1. The molecular formula is C16H23ClN2S. The summed E-state index contributed by atoms with van der Waals surface area (Å²) in [5, 5.41) is 6.50. The Morgan fingerprint density at radius 2 is 1.80 bits per heavy atom. The first-order chi connectivity index (χ1) is 9.00. The van der Waals surface area contributed by atoms with E-state index in [4.69, 9.17) is 0 Å². The van der Waals surface area contributed by atoms with E-state index >= 15 is 0 Å². The third-order valence-electron chi connectivity index (χ3n) is 3.19. The number of benzene rings is 1. The van der Waals surface area contributed by atoms with Gasteiger partial charge in [-0.25, -0.2) is 4.98 Å². The molecule has 0 aliphatic rings. The zero-order valence-electron chi connectivity index (χ0n) is 12.6. The first kappa shape index (κ1) is 17.2. The van der Waals surface area contributed by atoms with E-state index in [0.29, 0.717) is 0 Å². The second-order valence-electron chi connectivity index (χ2n) is 5.81. The fraction of sp³-hybridized carbons (Fsp3) is 0.438. The van der Waals surface area contributed by atoms with Gasteiger partial charge in [-0.1, -0.05) is 45.0 Å². The minimum atomic E-state index is 0. The first-order valence-corrected chi connectivity index (χ1v) is 7.58. The molecule has 0 spiro atoms. The highest BCUT2D eigenvalue weighted by Gasteiger charge is 2.13. The Balaban J connectivity index is 0.00000200. The molecule has 0 aliphatic carbocycles. The molecule has 0 radical (unpaired) electrons. The first-order valence-electron chi connectivity index (χ1n) is 6.70. The molecule has 1 aromatic carbocycles. The third kappa shape index (κ3) is 4.30. The quantitative estimate of drug-likeness (QED) is 0.911. The van der Waals surface area contributed by atoms with Crippen LogP contribution < -0.4 is 5.32 Å². The molecule has 0 saturated heterocycles. The molecule has 2 rings (SSSR count). The highest BCUT2D eigenvalue weighted by atomic mass is 35.5. The summed E-state index contributed by atoms with van der Waals surface area (Å²) in [6.45, 7) is 7.69. The Morgan fingerprint density at radius 1 is 1.15 bits per heavy atom. The van der Waals surface area contributed by atoms with Gasteiger partial charge in [0.25, 0.3) is 0 Å². The zero-order valence-corrected chi connectivity index (χ0v) is 14.2. The Hall–Kier alpha value is -0.900. The van der Waals surface area contributed by atoms with E-state index in [0.717, 1.165) is 18.7 Å². The van der Waals surface area contributed by atoms with Crippen molar-refractivity contribution in [2.45, 2.75) is 32.6 Å². The highest BCUT2D eigenvalue weighted by molar-refractivity contribution is 7.09. The van der Waals surface area contributed by atoms with E-state index in [1.165, 1.54) is 16.1 Å². The molecule has 0 bridgehead atoms. The molecule has 20 heavy (non-hydrogen) atoms. The number of halogens is 1. The monoisotopic (exact) mass is 310 g/mol. The van der Waals surface area contributed by atoms with Crippen LogP contribution in [-0.4, -0.2) is 18.6 Å². The van der Waals surface area contributed by atoms with Crippen LogP contribution in [0.1, 0.15) is 31.3 Å². The van der Waals surface area contributed by atoms with E-state index in [2.05, 4.69) is 60.7 Å². The Bertz CT molecular complexity index is 526. The lowest BCUT2D eigenvalue weighted by Gasteiger charge is -2.18. The number of hydrogen-bond donors (Lipinski definition) is 1. The fourth-order valence-electron chi connectivity index (χ4n) is 1.93. The summed E-state index contributed by atoms with van der Waals surface area (Å²) in [5.41, 5.74) is 3.87. The number of rotatable bonds is 4. The number of hydrogen-bond acceptors (Lipinski definition) is 3. The molecule has 1 heterocycles. The summed E-state index contributed by atoms with van der Waals surface area (Å²) in [4.78, 5) is 4.69. The van der Waals surface area contributed by atoms with E-state index in [9.17, 15) is 0 Å². The topological polar surface area (TPSA) is 24.9 Å². The van der Waals surface area contributed by atoms with Crippen molar-refractivity contribution in [1.82, 2.24) is 10.3 Å². The average Bonchev–Trinajstić information content (AvgIpc) is 2.84. The largest absolute Gasteiger partial charge is 0.319 e. The highest BCUT2D eigenvalue weighted by Crippen LogP contribution is 2.27. The molecule has 4 heteroatoms. The van der Waals surface area contributed by atoms with Gasteiger partial charge in [0.2, 0.25) is 0 Å². The van der Waals surface area contributed by atoms with E-state index in [1.807, 2.05) is 7.05 Å². The van der Waals surface area contributed by atoms with Crippen molar-refractivity contribution in [3.8, 4) is 11.3 Å². The van der Waals surface area contributed by atoms with Gasteiger partial charge in [0.1, 0.15) is 0 Å². The smallest absolute Gasteiger partial charge is 0.0945 e. The number of likely N-dealkylation sites (N-methyl/N-ethyl adjacent to an activating group) is 1. The minimum absolute atomic E-state index is 0. The van der Waals surface area contributed by atoms with Crippen molar-refractivity contribution in [1.29, 1.82) is 0 Å². The third-order valence-corrected chi connectivity index (χ3v) is 4.10. The van der Waals surface area contributed by atoms with Crippen molar-refractivity contribution >= 4 is 23.7 Å². The standard InChI is InChI=1S/C16H22N2S.ClH/c1-16(2,3)13-7-5-12(6-8-13)14-11-19-15(18-14)9-10-17-4;/h5-8,11,17H,9-10H2,1-4H3;1H. The minimum Gasteiger partial charge on any atom is -0.319 e. The van der Waals surface area contributed by atoms with Gasteiger partial charge in [0, 0.05) is 23.9 Å². The molecule has 0 amide bonds. The van der Waals surface area contributed by atoms with E-state index < -0.39 is 0 Å². The van der Waals surface area contributed by atoms with Gasteiger partial charge in [0.05, 0.1) is 10.7 Å². The molecule has 0 saturated carbocycles. The molecule has 0 fully saturated rings. The molecule has 2 aromatic rings. The van der Waals surface area contributed by atoms with Gasteiger partial charge < -0.3 is 5.32 Å². The summed E-state index contributed by atoms with van der Waals surface area (Å²) in [5.74, 6) is 0. The van der Waals surface area contributed by atoms with Crippen molar-refractivity contribution in [3.05, 3.63) is 40.2 Å². The van der Waals surface area contributed by atoms with Gasteiger partial charge in [-0.2, -0.15) is 0 Å². The van der Waals surface area contributed by atoms with Gasteiger partial charge in [-0.3, -0.25) is 0 Å². The van der Waals surface area contributed by atoms with Crippen LogP contribution in [0, 0.1) is 0 Å². The van der Waals surface area contributed by atoms with Crippen LogP contribution in [0.3, 0.4) is 0 Å². The second kappa shape index (κ2) is 7.21. The Kier molecular flexibility index (Phi) is 6.18. The summed E-state index contributed by atoms with van der Waals surface area (Å²) in [7, 11) is 1.97. The maximum atomic E-state index is 4.69. The number of thiazole rings is 1. The molecular weight excluding hydrogens is 288 g/mol. The number of nitrogens with zero attached hydrogens (tertiary/aromatic N) is 1. The predicted octanol–water partition coefficient (Wildman–Crippen LogP) is 4.29. The molecule has 0 unspecified atom stereocenters. The van der Waals surface area contributed by atoms with E-state index in [-0.39, 0.29) is 17.8 Å². The van der Waals surface area contributed by atoms with Crippen molar-refractivity contribution < 1.29 is 0 Å². The fourth-order valence-corrected chi connectivity index (χ4v) is 2.74. The lowest BCUT2D eigenvalue weighted by Crippen LogP contribution is -2.10. The maximum Gasteiger partial charge on any atom is 0.0945 e. The van der Waals surface area contributed by atoms with Crippen molar-refractivity contribution in [3.63, 3.8) is 0 Å². The second-order valence-corrected chi connectivity index (χ2v) is 6.75. The molecule has 0 aliphatic heterocycles. The summed E-state index contributed by atoms with van der Waals surface area (Å²) < 4.78 is 0. The van der Waals surface area contributed by atoms with Gasteiger partial charge >= 0.3 is 0 Å². The van der Waals surface area contributed by atoms with Gasteiger partial charge in [-0.15, -0.1) is 23.7 Å². The van der Waals surface area contributed by atoms with Crippen LogP contribution in [0.25, 0.3) is 11.3 Å². The Morgan fingerprint density at radius 3 is 2.35 bits per heavy atom. The lowest BCUT2D eigenvalue weighted by molar-refractivity contribution is 0.590. The summed E-state index contributed by atoms with van der Waals surface area (Å²) >= 11 is 1.74. The predicted molar refractivity (Wildman–Crippen MR) is 91.1 cm³/mol. The molecule has 0 atom stereocenters. The molecule has 2 nitrogen and oxygen atoms in total. The van der Waals surface area contributed by atoms with Crippen LogP contribution in [0.5, 0.6) is 0 Å². The van der Waals surface area contributed by atoms with Crippen LogP contribution in [0.15, 0.2) is 29.6 Å². The van der Waals surface area contributed by atoms with E-state index in [1.54, 1.807) is 11.3 Å². The normalized spacial score (nSPS) is 11.2. The van der Waals surface area contributed by atoms with Crippen LogP contribution in [-0.2, 0) is 11.8 Å². The lowest BCUT2D eigenvalue weighted by atomic mass is 9.86. The summed E-state index contributed by atoms with van der Waals surface area (Å²) in [6.07, 6.45) is 1.00. The maximum absolute atomic E-state index is 4.69. The van der Waals surface area contributed by atoms with Gasteiger partial charge in [0.15, 0.2) is 0 Å². The van der Waals surface area contributed by atoms with Crippen molar-refractivity contribution in [2.75, 3.05) is 13.6 Å². The molecule has 1 aromatic heterocycles. The van der Waals surface area contributed by atoms with Crippen LogP contribution in [0.2, 0.25) is 0 Å². The van der Waals surface area contributed by atoms with Crippen molar-refractivity contribution in [2.24, 2.45) is 0 Å². The van der Waals surface area contributed by atoms with Crippen LogP contribution in [0.4, 0.5) is 0 Å².